The van der Waals surface area contributed by atoms with Crippen LogP contribution in [0, 0.1) is 23.0 Å². The Bertz CT molecular complexity index is 764. The minimum absolute atomic E-state index is 0.0576. The quantitative estimate of drug-likeness (QED) is 0.884. The van der Waals surface area contributed by atoms with Crippen molar-refractivity contribution in [3.63, 3.8) is 0 Å². The third kappa shape index (κ3) is 4.16. The summed E-state index contributed by atoms with van der Waals surface area (Å²) >= 11 is 0. The molecule has 1 atom stereocenters. The van der Waals surface area contributed by atoms with E-state index in [2.05, 4.69) is 10.3 Å². The van der Waals surface area contributed by atoms with Gasteiger partial charge in [0, 0.05) is 42.9 Å². The van der Waals surface area contributed by atoms with E-state index in [4.69, 9.17) is 5.26 Å². The molecule has 0 saturated heterocycles. The summed E-state index contributed by atoms with van der Waals surface area (Å²) in [6.07, 6.45) is 3.57. The fourth-order valence-corrected chi connectivity index (χ4v) is 2.38. The van der Waals surface area contributed by atoms with Gasteiger partial charge in [0.1, 0.15) is 23.5 Å². The molecule has 1 aromatic carbocycles. The van der Waals surface area contributed by atoms with Gasteiger partial charge in [0.25, 0.3) is 0 Å². The first-order valence-corrected chi connectivity index (χ1v) is 7.57. The van der Waals surface area contributed by atoms with Crippen LogP contribution in [0.4, 0.5) is 8.78 Å². The Kier molecular flexibility index (Phi) is 5.64. The van der Waals surface area contributed by atoms with Crippen molar-refractivity contribution in [2.75, 3.05) is 0 Å². The fraction of sp³-hybridized carbons (Fsp3) is 0.353. The van der Waals surface area contributed by atoms with Crippen LogP contribution in [0.3, 0.4) is 0 Å². The van der Waals surface area contributed by atoms with Crippen molar-refractivity contribution in [2.24, 2.45) is 0 Å². The van der Waals surface area contributed by atoms with Crippen LogP contribution in [-0.2, 0) is 11.3 Å². The first kappa shape index (κ1) is 17.6. The summed E-state index contributed by atoms with van der Waals surface area (Å²) in [5.41, 5.74) is -0.0576. The lowest BCUT2D eigenvalue weighted by Gasteiger charge is -2.14. The van der Waals surface area contributed by atoms with Crippen molar-refractivity contribution in [3.05, 3.63) is 53.6 Å². The number of benzene rings is 1. The molecule has 7 heteroatoms. The molecule has 2 rings (SSSR count). The first-order chi connectivity index (χ1) is 11.4. The summed E-state index contributed by atoms with van der Waals surface area (Å²) in [5.74, 6) is -0.903. The molecule has 5 nitrogen and oxygen atoms in total. The molecule has 0 radical (unpaired) electrons. The van der Waals surface area contributed by atoms with Crippen LogP contribution in [0.5, 0.6) is 0 Å². The third-order valence-electron chi connectivity index (χ3n) is 3.55. The van der Waals surface area contributed by atoms with E-state index in [-0.39, 0.29) is 17.9 Å². The minimum atomic E-state index is -1.16. The van der Waals surface area contributed by atoms with Gasteiger partial charge in [-0.2, -0.15) is 5.26 Å². The molecule has 1 aromatic heterocycles. The van der Waals surface area contributed by atoms with Crippen molar-refractivity contribution in [1.82, 2.24) is 14.9 Å². The predicted molar refractivity (Wildman–Crippen MR) is 83.8 cm³/mol. The number of rotatable bonds is 6. The molecule has 0 aliphatic rings. The Labute approximate surface area is 138 Å². The lowest BCUT2D eigenvalue weighted by molar-refractivity contribution is -0.121. The number of imidazole rings is 1. The Morgan fingerprint density at radius 2 is 2.17 bits per heavy atom. The number of amides is 1. The molecule has 2 aromatic rings. The average Bonchev–Trinajstić information content (AvgIpc) is 3.00. The van der Waals surface area contributed by atoms with Crippen LogP contribution in [0.15, 0.2) is 30.6 Å². The summed E-state index contributed by atoms with van der Waals surface area (Å²) in [6.45, 7) is 4.41. The van der Waals surface area contributed by atoms with Gasteiger partial charge >= 0.3 is 0 Å². The maximum absolute atomic E-state index is 13.7. The zero-order valence-corrected chi connectivity index (χ0v) is 13.5. The molecule has 0 saturated carbocycles. The molecule has 0 aliphatic heterocycles. The molecule has 0 aliphatic carbocycles. The van der Waals surface area contributed by atoms with Gasteiger partial charge in [0.05, 0.1) is 6.07 Å². The predicted octanol–water partition coefficient (Wildman–Crippen LogP) is 3.06. The largest absolute Gasteiger partial charge is 0.336 e. The van der Waals surface area contributed by atoms with Gasteiger partial charge in [-0.05, 0) is 6.07 Å². The van der Waals surface area contributed by atoms with Crippen molar-refractivity contribution in [3.8, 4) is 6.07 Å². The molecular formula is C17H18F2N4O. The van der Waals surface area contributed by atoms with Crippen molar-refractivity contribution in [2.45, 2.75) is 38.8 Å². The Morgan fingerprint density at radius 1 is 1.42 bits per heavy atom. The van der Waals surface area contributed by atoms with E-state index in [1.165, 1.54) is 0 Å². The molecular weight excluding hydrogens is 314 g/mol. The van der Waals surface area contributed by atoms with Gasteiger partial charge in [-0.15, -0.1) is 0 Å². The standard InChI is InChI=1S/C17H18F2N4O/c1-11(2)17-21-6-8-23(17)7-5-16(24)22-15(10-20)13-4-3-12(18)9-14(13)19/h3-4,6,8-9,11,15H,5,7H2,1-2H3,(H,22,24). The highest BCUT2D eigenvalue weighted by Gasteiger charge is 2.18. The highest BCUT2D eigenvalue weighted by molar-refractivity contribution is 5.76. The number of aromatic nitrogens is 2. The van der Waals surface area contributed by atoms with Crippen molar-refractivity contribution in [1.29, 1.82) is 5.26 Å². The summed E-state index contributed by atoms with van der Waals surface area (Å²) in [7, 11) is 0. The number of nitrogens with one attached hydrogen (secondary N) is 1. The Balaban J connectivity index is 2.00. The molecule has 1 amide bonds. The first-order valence-electron chi connectivity index (χ1n) is 7.57. The van der Waals surface area contributed by atoms with Crippen LogP contribution in [0.2, 0.25) is 0 Å². The van der Waals surface area contributed by atoms with Crippen molar-refractivity contribution >= 4 is 5.91 Å². The van der Waals surface area contributed by atoms with E-state index in [0.29, 0.717) is 12.6 Å². The lowest BCUT2D eigenvalue weighted by atomic mass is 10.1. The molecule has 1 N–H and O–H groups in total. The van der Waals surface area contributed by atoms with E-state index >= 15 is 0 Å². The smallest absolute Gasteiger partial charge is 0.223 e. The van der Waals surface area contributed by atoms with E-state index < -0.39 is 23.6 Å². The number of nitriles is 1. The van der Waals surface area contributed by atoms with Crippen LogP contribution >= 0.6 is 0 Å². The van der Waals surface area contributed by atoms with Crippen molar-refractivity contribution < 1.29 is 13.6 Å². The van der Waals surface area contributed by atoms with Gasteiger partial charge in [0.15, 0.2) is 0 Å². The number of halogens is 2. The minimum Gasteiger partial charge on any atom is -0.336 e. The normalized spacial score (nSPS) is 12.0. The van der Waals surface area contributed by atoms with Crippen LogP contribution in [0.1, 0.15) is 43.6 Å². The monoisotopic (exact) mass is 332 g/mol. The number of aryl methyl sites for hydroxylation is 1. The van der Waals surface area contributed by atoms with Crippen LogP contribution in [0.25, 0.3) is 0 Å². The second kappa shape index (κ2) is 7.68. The summed E-state index contributed by atoms with van der Waals surface area (Å²) in [4.78, 5) is 16.3. The number of carbonyl (C=O) groups is 1. The van der Waals surface area contributed by atoms with Gasteiger partial charge in [-0.1, -0.05) is 19.9 Å². The molecule has 0 fully saturated rings. The summed E-state index contributed by atoms with van der Waals surface area (Å²) < 4.78 is 28.5. The number of carbonyl (C=O) groups excluding carboxylic acids is 1. The number of nitrogens with zero attached hydrogens (tertiary/aromatic N) is 3. The average molecular weight is 332 g/mol. The van der Waals surface area contributed by atoms with Gasteiger partial charge in [-0.3, -0.25) is 4.79 Å². The highest BCUT2D eigenvalue weighted by Crippen LogP contribution is 2.18. The van der Waals surface area contributed by atoms with Crippen LogP contribution < -0.4 is 5.32 Å². The van der Waals surface area contributed by atoms with Gasteiger partial charge in [0.2, 0.25) is 5.91 Å². The zero-order chi connectivity index (χ0) is 17.7. The SMILES string of the molecule is CC(C)c1nccn1CCC(=O)NC(C#N)c1ccc(F)cc1F. The maximum Gasteiger partial charge on any atom is 0.223 e. The molecule has 1 heterocycles. The zero-order valence-electron chi connectivity index (χ0n) is 13.5. The lowest BCUT2D eigenvalue weighted by Crippen LogP contribution is -2.29. The van der Waals surface area contributed by atoms with E-state index in [1.54, 1.807) is 12.4 Å². The second-order valence-electron chi connectivity index (χ2n) is 5.68. The highest BCUT2D eigenvalue weighted by atomic mass is 19.1. The van der Waals surface area contributed by atoms with E-state index in [0.717, 1.165) is 18.0 Å². The second-order valence-corrected chi connectivity index (χ2v) is 5.68. The van der Waals surface area contributed by atoms with Crippen LogP contribution in [-0.4, -0.2) is 15.5 Å². The number of hydrogen-bond donors (Lipinski definition) is 1. The fourth-order valence-electron chi connectivity index (χ4n) is 2.38. The number of hydrogen-bond acceptors (Lipinski definition) is 3. The Morgan fingerprint density at radius 3 is 2.79 bits per heavy atom. The Hall–Kier alpha value is -2.75. The van der Waals surface area contributed by atoms with Gasteiger partial charge in [-0.25, -0.2) is 13.8 Å². The molecule has 126 valence electrons. The molecule has 0 bridgehead atoms. The van der Waals surface area contributed by atoms with E-state index in [1.807, 2.05) is 24.5 Å². The molecule has 1 unspecified atom stereocenters. The topological polar surface area (TPSA) is 70.7 Å². The third-order valence-corrected chi connectivity index (χ3v) is 3.55. The molecule has 24 heavy (non-hydrogen) atoms. The molecule has 0 spiro atoms. The van der Waals surface area contributed by atoms with E-state index in [9.17, 15) is 13.6 Å². The summed E-state index contributed by atoms with van der Waals surface area (Å²) in [6, 6.07) is 3.55. The van der Waals surface area contributed by atoms with Gasteiger partial charge < -0.3 is 9.88 Å². The maximum atomic E-state index is 13.7. The summed E-state index contributed by atoms with van der Waals surface area (Å²) in [5, 5.41) is 11.6.